The SMILES string of the molecule is O=[N+]([O-])c1cc(C=[NH+]NC(=S)Nc2ccccc2)c(O)cc1O. The van der Waals surface area contributed by atoms with Crippen LogP contribution in [0.5, 0.6) is 11.5 Å². The molecule has 0 radical (unpaired) electrons. The van der Waals surface area contributed by atoms with Crippen LogP contribution in [0.2, 0.25) is 0 Å². The first-order valence-electron chi connectivity index (χ1n) is 6.38. The summed E-state index contributed by atoms with van der Waals surface area (Å²) in [4.78, 5) is 10.0. The van der Waals surface area contributed by atoms with Crippen molar-refractivity contribution in [2.75, 3.05) is 5.32 Å². The van der Waals surface area contributed by atoms with Crippen molar-refractivity contribution in [2.45, 2.75) is 0 Å². The summed E-state index contributed by atoms with van der Waals surface area (Å²) >= 11 is 5.06. The van der Waals surface area contributed by atoms with Crippen LogP contribution < -0.4 is 15.8 Å². The highest BCUT2D eigenvalue weighted by Crippen LogP contribution is 2.31. The summed E-state index contributed by atoms with van der Waals surface area (Å²) in [6.45, 7) is 0. The van der Waals surface area contributed by atoms with E-state index in [4.69, 9.17) is 12.2 Å². The summed E-state index contributed by atoms with van der Waals surface area (Å²) in [7, 11) is 0. The summed E-state index contributed by atoms with van der Waals surface area (Å²) < 4.78 is 0. The molecule has 2 aromatic carbocycles. The number of hydrazine groups is 1. The van der Waals surface area contributed by atoms with Gasteiger partial charge in [0, 0.05) is 17.8 Å². The molecule has 0 bridgehead atoms. The Bertz CT molecular complexity index is 765. The number of hydrogen-bond acceptors (Lipinski definition) is 5. The Morgan fingerprint density at radius 2 is 1.91 bits per heavy atom. The molecular formula is C14H13N4O4S+. The number of thiocarbonyl (C=S) groups is 1. The number of hydrogen-bond donors (Lipinski definition) is 5. The lowest BCUT2D eigenvalue weighted by atomic mass is 10.2. The third-order valence-corrected chi connectivity index (χ3v) is 2.97. The number of nitrogens with zero attached hydrogens (tertiary/aromatic N) is 1. The Morgan fingerprint density at radius 3 is 2.57 bits per heavy atom. The first-order chi connectivity index (χ1) is 11.0. The maximum Gasteiger partial charge on any atom is 0.311 e. The Morgan fingerprint density at radius 1 is 1.22 bits per heavy atom. The topological polar surface area (TPSA) is 122 Å². The fourth-order valence-electron chi connectivity index (χ4n) is 1.71. The van der Waals surface area contributed by atoms with Crippen LogP contribution in [0.3, 0.4) is 0 Å². The molecule has 5 N–H and O–H groups in total. The van der Waals surface area contributed by atoms with Gasteiger partial charge in [0.25, 0.3) is 0 Å². The molecule has 0 heterocycles. The minimum Gasteiger partial charge on any atom is -0.507 e. The van der Waals surface area contributed by atoms with Gasteiger partial charge >= 0.3 is 5.69 Å². The molecule has 2 aromatic rings. The molecule has 0 atom stereocenters. The van der Waals surface area contributed by atoms with Gasteiger partial charge in [-0.15, -0.1) is 10.5 Å². The van der Waals surface area contributed by atoms with Crippen molar-refractivity contribution >= 4 is 34.9 Å². The molecule has 0 unspecified atom stereocenters. The van der Waals surface area contributed by atoms with Gasteiger partial charge in [-0.1, -0.05) is 18.2 Å². The minimum atomic E-state index is -0.749. The summed E-state index contributed by atoms with van der Waals surface area (Å²) in [5.41, 5.74) is 3.03. The number of rotatable bonds is 4. The molecule has 0 saturated heterocycles. The van der Waals surface area contributed by atoms with E-state index >= 15 is 0 Å². The molecule has 0 aromatic heterocycles. The van der Waals surface area contributed by atoms with Crippen molar-refractivity contribution in [3.8, 4) is 11.5 Å². The molecule has 0 aliphatic rings. The molecular weight excluding hydrogens is 320 g/mol. The van der Waals surface area contributed by atoms with Crippen LogP contribution >= 0.6 is 12.2 Å². The van der Waals surface area contributed by atoms with Crippen LogP contribution in [-0.2, 0) is 0 Å². The Kier molecular flexibility index (Phi) is 5.05. The highest BCUT2D eigenvalue weighted by molar-refractivity contribution is 7.80. The van der Waals surface area contributed by atoms with E-state index in [9.17, 15) is 20.3 Å². The molecule has 118 valence electrons. The number of aromatic hydroxyl groups is 2. The highest BCUT2D eigenvalue weighted by Gasteiger charge is 2.17. The largest absolute Gasteiger partial charge is 0.507 e. The van der Waals surface area contributed by atoms with Gasteiger partial charge in [0.2, 0.25) is 11.3 Å². The maximum atomic E-state index is 10.8. The summed E-state index contributed by atoms with van der Waals surface area (Å²) in [5.74, 6) is -0.928. The fraction of sp³-hybridized carbons (Fsp3) is 0. The zero-order valence-corrected chi connectivity index (χ0v) is 12.5. The number of para-hydroxylation sites is 1. The Balaban J connectivity index is 2.04. The second-order valence-corrected chi connectivity index (χ2v) is 4.80. The van der Waals surface area contributed by atoms with Crippen molar-refractivity contribution in [3.05, 3.63) is 58.1 Å². The predicted molar refractivity (Wildman–Crippen MR) is 88.4 cm³/mol. The van der Waals surface area contributed by atoms with E-state index in [2.05, 4.69) is 15.8 Å². The van der Waals surface area contributed by atoms with Crippen molar-refractivity contribution < 1.29 is 20.2 Å². The third-order valence-electron chi connectivity index (χ3n) is 2.77. The standard InChI is InChI=1S/C14H12N4O4S/c19-12-7-13(20)11(18(21)22)6-9(12)8-15-17-14(23)16-10-4-2-1-3-5-10/h1-8,19-20H,(H2,16,17,23)/p+1. The number of anilines is 1. The highest BCUT2D eigenvalue weighted by atomic mass is 32.1. The first-order valence-corrected chi connectivity index (χ1v) is 6.79. The number of nitro groups is 1. The van der Waals surface area contributed by atoms with E-state index in [1.807, 2.05) is 30.3 Å². The quantitative estimate of drug-likeness (QED) is 0.238. The summed E-state index contributed by atoms with van der Waals surface area (Å²) in [6, 6.07) is 11.1. The van der Waals surface area contributed by atoms with Crippen LogP contribution in [0.1, 0.15) is 5.56 Å². The normalized spacial score (nSPS) is 10.4. The van der Waals surface area contributed by atoms with Crippen LogP contribution in [0.15, 0.2) is 42.5 Å². The monoisotopic (exact) mass is 333 g/mol. The average Bonchev–Trinajstić information content (AvgIpc) is 2.50. The third kappa shape index (κ3) is 4.38. The zero-order chi connectivity index (χ0) is 16.8. The number of nitro benzene ring substituents is 1. The molecule has 2 rings (SSSR count). The lowest BCUT2D eigenvalue weighted by Gasteiger charge is -2.03. The second-order valence-electron chi connectivity index (χ2n) is 4.39. The molecule has 0 fully saturated rings. The summed E-state index contributed by atoms with van der Waals surface area (Å²) in [5, 5.41) is 35.6. The van der Waals surface area contributed by atoms with Crippen LogP contribution in [0.4, 0.5) is 11.4 Å². The van der Waals surface area contributed by atoms with E-state index in [0.717, 1.165) is 17.8 Å². The fourth-order valence-corrected chi connectivity index (χ4v) is 1.88. The Labute approximate surface area is 136 Å². The lowest BCUT2D eigenvalue weighted by molar-refractivity contribution is -0.499. The van der Waals surface area contributed by atoms with E-state index in [0.29, 0.717) is 0 Å². The van der Waals surface area contributed by atoms with Gasteiger partial charge in [-0.25, -0.2) is 0 Å². The number of hydrazone groups is 1. The lowest BCUT2D eigenvalue weighted by Crippen LogP contribution is -2.82. The summed E-state index contributed by atoms with van der Waals surface area (Å²) in [6.07, 6.45) is 1.28. The zero-order valence-electron chi connectivity index (χ0n) is 11.7. The van der Waals surface area contributed by atoms with Gasteiger partial charge in [0.05, 0.1) is 10.5 Å². The number of phenolic OH excluding ortho intramolecular Hbond substituents is 2. The van der Waals surface area contributed by atoms with Gasteiger partial charge in [0.15, 0.2) is 5.75 Å². The molecule has 9 heteroatoms. The molecule has 0 saturated carbocycles. The van der Waals surface area contributed by atoms with Gasteiger partial charge in [-0.3, -0.25) is 10.1 Å². The van der Waals surface area contributed by atoms with Crippen LogP contribution in [-0.4, -0.2) is 26.5 Å². The first kappa shape index (κ1) is 16.2. The second kappa shape index (κ2) is 7.18. The number of benzene rings is 2. The van der Waals surface area contributed by atoms with Crippen LogP contribution in [0, 0.1) is 10.1 Å². The van der Waals surface area contributed by atoms with Crippen molar-refractivity contribution in [1.82, 2.24) is 5.43 Å². The smallest absolute Gasteiger partial charge is 0.311 e. The Hall–Kier alpha value is -3.20. The molecule has 0 aliphatic heterocycles. The molecule has 23 heavy (non-hydrogen) atoms. The molecule has 0 spiro atoms. The van der Waals surface area contributed by atoms with E-state index in [-0.39, 0.29) is 16.4 Å². The number of nitrogens with one attached hydrogen (secondary N) is 3. The van der Waals surface area contributed by atoms with Gasteiger partial charge in [0.1, 0.15) is 5.75 Å². The predicted octanol–water partition coefficient (Wildman–Crippen LogP) is 0.407. The molecule has 8 nitrogen and oxygen atoms in total. The van der Waals surface area contributed by atoms with Crippen LogP contribution in [0.25, 0.3) is 0 Å². The van der Waals surface area contributed by atoms with Crippen molar-refractivity contribution in [2.24, 2.45) is 0 Å². The van der Waals surface area contributed by atoms with Crippen molar-refractivity contribution in [1.29, 1.82) is 0 Å². The van der Waals surface area contributed by atoms with Gasteiger partial charge in [-0.2, -0.15) is 0 Å². The van der Waals surface area contributed by atoms with E-state index in [1.165, 1.54) is 6.21 Å². The van der Waals surface area contributed by atoms with Crippen molar-refractivity contribution in [3.63, 3.8) is 0 Å². The van der Waals surface area contributed by atoms with E-state index in [1.54, 1.807) is 0 Å². The van der Waals surface area contributed by atoms with Gasteiger partial charge in [-0.05, 0) is 24.4 Å². The average molecular weight is 333 g/mol. The maximum absolute atomic E-state index is 10.8. The minimum absolute atomic E-state index is 0.115. The van der Waals surface area contributed by atoms with E-state index < -0.39 is 16.4 Å². The molecule has 0 amide bonds. The number of phenols is 2. The van der Waals surface area contributed by atoms with Gasteiger partial charge < -0.3 is 15.5 Å². The molecule has 0 aliphatic carbocycles.